The van der Waals surface area contributed by atoms with Crippen LogP contribution in [0.2, 0.25) is 177 Å². The van der Waals surface area contributed by atoms with E-state index in [9.17, 15) is 14.4 Å². The maximum absolute atomic E-state index is 13.5. The van der Waals surface area contributed by atoms with Crippen LogP contribution in [0.4, 0.5) is 0 Å². The molecule has 0 fully saturated rings. The van der Waals surface area contributed by atoms with E-state index in [1.165, 1.54) is 0 Å². The van der Waals surface area contributed by atoms with Gasteiger partial charge in [-0.2, -0.15) is 0 Å². The standard InChI is InChI=1S/3C9H27OSi4.Al.ClH.K/c3*1-11(2,3)14(10,12(4,5)6)13(7,8)9;;;/h3*1-9H3;;1H;/q3*-1;+3;;+1/p-1. The minimum Gasteiger partial charge on any atom is -1.00 e. The molecule has 0 atom stereocenters. The van der Waals surface area contributed by atoms with Gasteiger partial charge in [-0.25, -0.2) is 0 Å². The summed E-state index contributed by atoms with van der Waals surface area (Å²) in [5.41, 5.74) is 0. The number of halogens is 1. The van der Waals surface area contributed by atoms with Gasteiger partial charge in [0, 0.05) is 68.3 Å². The van der Waals surface area contributed by atoms with Gasteiger partial charge in [0.1, 0.15) is 0 Å². The Balaban J connectivity index is -0.000000123. The molecule has 18 heteroatoms. The van der Waals surface area contributed by atoms with Crippen molar-refractivity contribution < 1.29 is 78.2 Å². The minimum atomic E-state index is -2.19. The summed E-state index contributed by atoms with van der Waals surface area (Å²) in [5.74, 6) is 0. The third kappa shape index (κ3) is 14.6. The molecular weight excluding hydrogens is 811 g/mol. The number of rotatable bonds is 9. The Kier molecular flexibility index (Phi) is 26.2. The fourth-order valence-corrected chi connectivity index (χ4v) is 273. The normalized spacial score (nSPS) is 14.8. The van der Waals surface area contributed by atoms with Crippen LogP contribution >= 0.6 is 0 Å². The summed E-state index contributed by atoms with van der Waals surface area (Å²) in [6.07, 6.45) is 0. The van der Waals surface area contributed by atoms with Gasteiger partial charge < -0.3 is 26.8 Å². The van der Waals surface area contributed by atoms with Crippen molar-refractivity contribution in [2.75, 3.05) is 0 Å². The van der Waals surface area contributed by atoms with E-state index in [0.717, 1.165) is 0 Å². The second kappa shape index (κ2) is 19.0. The maximum atomic E-state index is 13.5. The average Bonchev–Trinajstić information content (AvgIpc) is 2.58. The number of hydrogen-bond acceptors (Lipinski definition) is 3. The topological polar surface area (TPSA) is 69.2 Å². The molecule has 45 heavy (non-hydrogen) atoms. The van der Waals surface area contributed by atoms with Crippen LogP contribution in [0.1, 0.15) is 0 Å². The van der Waals surface area contributed by atoms with Crippen molar-refractivity contribution in [1.29, 1.82) is 0 Å². The van der Waals surface area contributed by atoms with Crippen molar-refractivity contribution in [3.63, 3.8) is 0 Å². The van der Waals surface area contributed by atoms with Gasteiger partial charge in [-0.3, -0.25) is 0 Å². The first-order valence-electron chi connectivity index (χ1n) is 16.4. The van der Waals surface area contributed by atoms with Gasteiger partial charge in [0.15, 0.2) is 0 Å². The van der Waals surface area contributed by atoms with E-state index in [0.29, 0.717) is 0 Å². The van der Waals surface area contributed by atoms with Crippen LogP contribution < -0.4 is 78.2 Å². The zero-order valence-corrected chi connectivity index (χ0v) is 53.2. The van der Waals surface area contributed by atoms with Gasteiger partial charge in [-0.15, -0.1) is 0 Å². The maximum Gasteiger partial charge on any atom is 3.00 e. The Labute approximate surface area is 356 Å². The Morgan fingerprint density at radius 2 is 0.267 bits per heavy atom. The molecule has 0 aromatic rings. The van der Waals surface area contributed by atoms with E-state index >= 15 is 0 Å². The molecule has 0 saturated carbocycles. The van der Waals surface area contributed by atoms with Crippen molar-refractivity contribution in [3.8, 4) is 0 Å². The first-order chi connectivity index (χ1) is 17.2. The van der Waals surface area contributed by atoms with Gasteiger partial charge in [-0.1, -0.05) is 197 Å². The Morgan fingerprint density at radius 3 is 0.267 bits per heavy atom. The van der Waals surface area contributed by atoms with Crippen LogP contribution in [0, 0.1) is 0 Å². The van der Waals surface area contributed by atoms with Gasteiger partial charge >= 0.3 is 68.7 Å². The zero-order chi connectivity index (χ0) is 36.0. The van der Waals surface area contributed by atoms with Gasteiger partial charge in [0.2, 0.25) is 0 Å². The molecule has 0 radical (unpaired) electrons. The fourth-order valence-electron chi connectivity index (χ4n) is 10.1. The van der Waals surface area contributed by atoms with Crippen LogP contribution in [0.5, 0.6) is 0 Å². The summed E-state index contributed by atoms with van der Waals surface area (Å²) in [5, 5.41) is 0. The van der Waals surface area contributed by atoms with Crippen molar-refractivity contribution >= 4 is 106 Å². The molecule has 0 unspecified atom stereocenters. The smallest absolute Gasteiger partial charge is 1.00 e. The predicted octanol–water partition coefficient (Wildman–Crippen LogP) is 1.25. The molecule has 0 bridgehead atoms. The third-order valence-corrected chi connectivity index (χ3v) is 207. The SMILES string of the molecule is C[Si](C)(C)[Si]([O-])([Si](C)(C)C)[Si](C)(C)C.C[Si](C)(C)[Si]([O-])([Si](C)(C)C)[Si](C)(C)C.C[Si](C)(C)[Si]([O-])([Si](C)(C)C)[Si](C)(C)C.[Al+3].[Cl-].[K+]. The van der Waals surface area contributed by atoms with Crippen LogP contribution in [0.25, 0.3) is 0 Å². The monoisotopic (exact) mass is 890 g/mol. The van der Waals surface area contributed by atoms with Crippen LogP contribution in [-0.4, -0.2) is 106 Å². The van der Waals surface area contributed by atoms with Crippen LogP contribution in [-0.2, 0) is 0 Å². The molecule has 0 spiro atoms. The molecule has 3 nitrogen and oxygen atoms in total. The third-order valence-electron chi connectivity index (χ3n) is 9.51. The second-order valence-corrected chi connectivity index (χ2v) is 140. The van der Waals surface area contributed by atoms with Crippen molar-refractivity contribution in [2.45, 2.75) is 177 Å². The molecule has 0 aromatic heterocycles. The summed E-state index contributed by atoms with van der Waals surface area (Å²) in [7, 11) is -13.3. The molecule has 0 rings (SSSR count). The molecule has 0 aliphatic carbocycles. The van der Waals surface area contributed by atoms with E-state index < -0.39 is 88.9 Å². The molecule has 266 valence electrons. The molecule has 0 heterocycles. The van der Waals surface area contributed by atoms with E-state index in [1.807, 2.05) is 0 Å². The molecular formula is C27H81AlClKO3Si12. The van der Waals surface area contributed by atoms with E-state index in [2.05, 4.69) is 177 Å². The minimum absolute atomic E-state index is 0. The van der Waals surface area contributed by atoms with Gasteiger partial charge in [0.25, 0.3) is 0 Å². The molecule has 0 N–H and O–H groups in total. The van der Waals surface area contributed by atoms with E-state index in [4.69, 9.17) is 0 Å². The average molecular weight is 893 g/mol. The number of hydrogen-bond donors (Lipinski definition) is 0. The molecule has 0 aliphatic rings. The molecule has 0 amide bonds. The predicted molar refractivity (Wildman–Crippen MR) is 233 cm³/mol. The van der Waals surface area contributed by atoms with Crippen molar-refractivity contribution in [3.05, 3.63) is 0 Å². The first-order valence-corrected chi connectivity index (χ1v) is 62.6. The summed E-state index contributed by atoms with van der Waals surface area (Å²) in [6.45, 7) is 56.1. The Morgan fingerprint density at radius 1 is 0.222 bits per heavy atom. The summed E-state index contributed by atoms with van der Waals surface area (Å²) >= 11 is 0. The molecule has 0 aliphatic heterocycles. The zero-order valence-electron chi connectivity index (χ0n) is 36.2. The van der Waals surface area contributed by atoms with Crippen molar-refractivity contribution in [2.24, 2.45) is 0 Å². The van der Waals surface area contributed by atoms with E-state index in [-0.39, 0.29) is 81.2 Å². The largest absolute Gasteiger partial charge is 3.00 e. The quantitative estimate of drug-likeness (QED) is 0.328. The first kappa shape index (κ1) is 62.0. The Hall–Kier alpha value is 4.94. The van der Waals surface area contributed by atoms with E-state index in [1.54, 1.807) is 0 Å². The molecule has 0 aromatic carbocycles. The van der Waals surface area contributed by atoms with Gasteiger partial charge in [0.05, 0.1) is 0 Å². The summed E-state index contributed by atoms with van der Waals surface area (Å²) in [6, 6.07) is 0. The van der Waals surface area contributed by atoms with Gasteiger partial charge in [-0.05, 0) is 0 Å². The van der Waals surface area contributed by atoms with Crippen LogP contribution in [0.3, 0.4) is 0 Å². The summed E-state index contributed by atoms with van der Waals surface area (Å²) < 4.78 is 0. The van der Waals surface area contributed by atoms with Crippen molar-refractivity contribution in [1.82, 2.24) is 0 Å². The Bertz CT molecular complexity index is 646. The summed E-state index contributed by atoms with van der Waals surface area (Å²) in [4.78, 5) is 40.5. The molecule has 0 saturated heterocycles. The second-order valence-electron chi connectivity index (χ2n) is 22.3. The fraction of sp³-hybridized carbons (Fsp3) is 1.00. The van der Waals surface area contributed by atoms with Crippen LogP contribution in [0.15, 0.2) is 0 Å².